The van der Waals surface area contributed by atoms with Crippen molar-refractivity contribution in [2.45, 2.75) is 0 Å². The van der Waals surface area contributed by atoms with Gasteiger partial charge in [0.2, 0.25) is 6.20 Å². The second-order valence-electron chi connectivity index (χ2n) is 3.42. The summed E-state index contributed by atoms with van der Waals surface area (Å²) in [4.78, 5) is 12.7. The third-order valence-electron chi connectivity index (χ3n) is 2.27. The quantitative estimate of drug-likeness (QED) is 0.532. The Morgan fingerprint density at radius 2 is 2.18 bits per heavy atom. The van der Waals surface area contributed by atoms with Gasteiger partial charge in [-0.2, -0.15) is 0 Å². The SMILES string of the molecule is O=[N+]([O-])/C=C/C=C/c1c[nH]c2cc(Br)ccc12. The molecule has 0 aliphatic carbocycles. The molecule has 0 unspecified atom stereocenters. The molecule has 0 saturated carbocycles. The van der Waals surface area contributed by atoms with Gasteiger partial charge in [-0.15, -0.1) is 0 Å². The standard InChI is InChI=1S/C12H9BrN2O2/c13-10-4-5-11-9(8-14-12(11)7-10)3-1-2-6-15(16)17/h1-8,14H/b3-1+,6-2+. The zero-order chi connectivity index (χ0) is 12.3. The van der Waals surface area contributed by atoms with Gasteiger partial charge in [0.1, 0.15) is 0 Å². The first-order valence-corrected chi connectivity index (χ1v) is 5.71. The van der Waals surface area contributed by atoms with Crippen molar-refractivity contribution < 1.29 is 4.92 Å². The van der Waals surface area contributed by atoms with Crippen molar-refractivity contribution in [1.29, 1.82) is 0 Å². The first-order valence-electron chi connectivity index (χ1n) is 4.92. The Balaban J connectivity index is 2.28. The molecule has 0 saturated heterocycles. The molecule has 0 aliphatic rings. The molecule has 1 aromatic heterocycles. The van der Waals surface area contributed by atoms with Crippen LogP contribution in [0.25, 0.3) is 17.0 Å². The van der Waals surface area contributed by atoms with Gasteiger partial charge in [0.15, 0.2) is 0 Å². The van der Waals surface area contributed by atoms with Crippen LogP contribution < -0.4 is 0 Å². The molecule has 0 atom stereocenters. The topological polar surface area (TPSA) is 58.9 Å². The highest BCUT2D eigenvalue weighted by atomic mass is 79.9. The van der Waals surface area contributed by atoms with E-state index in [9.17, 15) is 10.1 Å². The Bertz CT molecular complexity index is 614. The monoisotopic (exact) mass is 292 g/mol. The molecule has 0 radical (unpaired) electrons. The fourth-order valence-electron chi connectivity index (χ4n) is 1.54. The van der Waals surface area contributed by atoms with Crippen molar-refractivity contribution in [1.82, 2.24) is 4.98 Å². The first-order chi connectivity index (χ1) is 8.16. The van der Waals surface area contributed by atoms with Crippen LogP contribution in [0.15, 0.2) is 47.2 Å². The van der Waals surface area contributed by atoms with Gasteiger partial charge < -0.3 is 4.98 Å². The number of fused-ring (bicyclic) bond motifs is 1. The molecular formula is C12H9BrN2O2. The summed E-state index contributed by atoms with van der Waals surface area (Å²) in [7, 11) is 0. The molecule has 86 valence electrons. The van der Waals surface area contributed by atoms with Gasteiger partial charge in [-0.3, -0.25) is 10.1 Å². The lowest BCUT2D eigenvalue weighted by Crippen LogP contribution is -1.80. The molecule has 1 N–H and O–H groups in total. The number of aromatic amines is 1. The minimum Gasteiger partial charge on any atom is -0.361 e. The number of hydrogen-bond acceptors (Lipinski definition) is 2. The molecule has 0 fully saturated rings. The molecule has 17 heavy (non-hydrogen) atoms. The smallest absolute Gasteiger partial charge is 0.234 e. The molecule has 0 amide bonds. The predicted molar refractivity (Wildman–Crippen MR) is 71.2 cm³/mol. The first kappa shape index (κ1) is 11.6. The summed E-state index contributed by atoms with van der Waals surface area (Å²) in [5, 5.41) is 11.2. The van der Waals surface area contributed by atoms with Crippen LogP contribution in [0.3, 0.4) is 0 Å². The average molecular weight is 293 g/mol. The maximum atomic E-state index is 10.1. The summed E-state index contributed by atoms with van der Waals surface area (Å²) in [6.45, 7) is 0. The van der Waals surface area contributed by atoms with E-state index in [0.29, 0.717) is 0 Å². The average Bonchev–Trinajstić information content (AvgIpc) is 2.66. The molecule has 2 rings (SSSR count). The summed E-state index contributed by atoms with van der Waals surface area (Å²) in [6.07, 6.45) is 7.65. The molecule has 5 heteroatoms. The lowest BCUT2D eigenvalue weighted by atomic mass is 10.1. The van der Waals surface area contributed by atoms with Gasteiger partial charge in [0, 0.05) is 27.6 Å². The number of hydrogen-bond donors (Lipinski definition) is 1. The van der Waals surface area contributed by atoms with Crippen LogP contribution in [0, 0.1) is 10.1 Å². The molecule has 0 spiro atoms. The van der Waals surface area contributed by atoms with Crippen LogP contribution in [0.4, 0.5) is 0 Å². The lowest BCUT2D eigenvalue weighted by molar-refractivity contribution is -0.402. The summed E-state index contributed by atoms with van der Waals surface area (Å²) in [6, 6.07) is 5.94. The normalized spacial score (nSPS) is 11.8. The lowest BCUT2D eigenvalue weighted by Gasteiger charge is -1.92. The van der Waals surface area contributed by atoms with Crippen molar-refractivity contribution in [3.63, 3.8) is 0 Å². The number of nitro groups is 1. The van der Waals surface area contributed by atoms with Crippen LogP contribution in [-0.2, 0) is 0 Å². The molecule has 0 aliphatic heterocycles. The molecule has 2 aromatic rings. The number of aromatic nitrogens is 1. The van der Waals surface area contributed by atoms with Gasteiger partial charge in [0.05, 0.1) is 4.92 Å². The minimum atomic E-state index is -0.489. The van der Waals surface area contributed by atoms with E-state index < -0.39 is 4.92 Å². The highest BCUT2D eigenvalue weighted by Gasteiger charge is 2.00. The highest BCUT2D eigenvalue weighted by Crippen LogP contribution is 2.23. The van der Waals surface area contributed by atoms with E-state index in [1.165, 1.54) is 6.08 Å². The van der Waals surface area contributed by atoms with Crippen LogP contribution in [0.5, 0.6) is 0 Å². The van der Waals surface area contributed by atoms with Gasteiger partial charge in [-0.05, 0) is 17.7 Å². The van der Waals surface area contributed by atoms with Crippen LogP contribution in [-0.4, -0.2) is 9.91 Å². The van der Waals surface area contributed by atoms with Crippen molar-refractivity contribution in [2.75, 3.05) is 0 Å². The zero-order valence-electron chi connectivity index (χ0n) is 8.76. The second kappa shape index (κ2) is 4.97. The number of nitrogens with zero attached hydrogens (tertiary/aromatic N) is 1. The van der Waals surface area contributed by atoms with E-state index in [0.717, 1.165) is 27.1 Å². The van der Waals surface area contributed by atoms with Crippen molar-refractivity contribution >= 4 is 32.9 Å². The maximum Gasteiger partial charge on any atom is 0.234 e. The van der Waals surface area contributed by atoms with E-state index in [2.05, 4.69) is 20.9 Å². The third-order valence-corrected chi connectivity index (χ3v) is 2.76. The third kappa shape index (κ3) is 2.82. The molecule has 1 aromatic carbocycles. The van der Waals surface area contributed by atoms with Crippen LogP contribution in [0.2, 0.25) is 0 Å². The van der Waals surface area contributed by atoms with E-state index in [4.69, 9.17) is 0 Å². The largest absolute Gasteiger partial charge is 0.361 e. The maximum absolute atomic E-state index is 10.1. The van der Waals surface area contributed by atoms with E-state index >= 15 is 0 Å². The number of allylic oxidation sites excluding steroid dienone is 2. The van der Waals surface area contributed by atoms with Crippen LogP contribution >= 0.6 is 15.9 Å². The van der Waals surface area contributed by atoms with E-state index in [-0.39, 0.29) is 0 Å². The molecular weight excluding hydrogens is 284 g/mol. The fourth-order valence-corrected chi connectivity index (χ4v) is 1.90. The van der Waals surface area contributed by atoms with Crippen LogP contribution in [0.1, 0.15) is 5.56 Å². The van der Waals surface area contributed by atoms with E-state index in [1.807, 2.05) is 30.5 Å². The summed E-state index contributed by atoms with van der Waals surface area (Å²) in [5.41, 5.74) is 2.03. The zero-order valence-corrected chi connectivity index (χ0v) is 10.3. The summed E-state index contributed by atoms with van der Waals surface area (Å²) in [5.74, 6) is 0. The van der Waals surface area contributed by atoms with Gasteiger partial charge in [0.25, 0.3) is 0 Å². The fraction of sp³-hybridized carbons (Fsp3) is 0. The Kier molecular flexibility index (Phi) is 3.39. The Labute approximate surface area is 106 Å². The van der Waals surface area contributed by atoms with Crippen molar-refractivity contribution in [3.8, 4) is 0 Å². The van der Waals surface area contributed by atoms with Gasteiger partial charge in [-0.1, -0.05) is 34.1 Å². The number of H-pyrrole nitrogens is 1. The molecule has 1 heterocycles. The van der Waals surface area contributed by atoms with Gasteiger partial charge >= 0.3 is 0 Å². The van der Waals surface area contributed by atoms with Crippen molar-refractivity contribution in [2.24, 2.45) is 0 Å². The number of halogens is 1. The number of nitrogens with one attached hydrogen (secondary N) is 1. The predicted octanol–water partition coefficient (Wildman–Crippen LogP) is 3.73. The minimum absolute atomic E-state index is 0.489. The van der Waals surface area contributed by atoms with Crippen molar-refractivity contribution in [3.05, 3.63) is 62.9 Å². The number of benzene rings is 1. The highest BCUT2D eigenvalue weighted by molar-refractivity contribution is 9.10. The number of rotatable bonds is 3. The van der Waals surface area contributed by atoms with E-state index in [1.54, 1.807) is 6.08 Å². The summed E-state index contributed by atoms with van der Waals surface area (Å²) >= 11 is 3.40. The molecule has 0 bridgehead atoms. The Hall–Kier alpha value is -1.88. The summed E-state index contributed by atoms with van der Waals surface area (Å²) < 4.78 is 1.01. The Morgan fingerprint density at radius 3 is 2.94 bits per heavy atom. The Morgan fingerprint density at radius 1 is 1.35 bits per heavy atom. The molecule has 4 nitrogen and oxygen atoms in total. The second-order valence-corrected chi connectivity index (χ2v) is 4.34. The van der Waals surface area contributed by atoms with Gasteiger partial charge in [-0.25, -0.2) is 0 Å².